The van der Waals surface area contributed by atoms with Gasteiger partial charge >= 0.3 is 0 Å². The van der Waals surface area contributed by atoms with Crippen LogP contribution in [0.4, 0.5) is 0 Å². The zero-order chi connectivity index (χ0) is 13.6. The number of aliphatic hydroxyl groups excluding tert-OH is 1. The molecule has 1 fully saturated rings. The summed E-state index contributed by atoms with van der Waals surface area (Å²) in [7, 11) is 1.00. The molecule has 1 aliphatic heterocycles. The summed E-state index contributed by atoms with van der Waals surface area (Å²) in [6.45, 7) is 1.10. The van der Waals surface area contributed by atoms with Crippen molar-refractivity contribution in [3.05, 3.63) is 71.8 Å². The highest BCUT2D eigenvalue weighted by Gasteiger charge is 2.36. The van der Waals surface area contributed by atoms with E-state index in [1.807, 2.05) is 0 Å². The van der Waals surface area contributed by atoms with Gasteiger partial charge in [-0.25, -0.2) is 0 Å². The first-order valence-corrected chi connectivity index (χ1v) is 6.73. The minimum atomic E-state index is 0.0303. The molecule has 0 unspecified atom stereocenters. The van der Waals surface area contributed by atoms with Crippen molar-refractivity contribution in [1.82, 2.24) is 5.32 Å². The van der Waals surface area contributed by atoms with Gasteiger partial charge in [0.15, 0.2) is 0 Å². The van der Waals surface area contributed by atoms with E-state index in [1.165, 1.54) is 24.0 Å². The van der Waals surface area contributed by atoms with Crippen LogP contribution in [0.3, 0.4) is 0 Å². The first kappa shape index (κ1) is 13.8. The standard InChI is InChI=1S/C16H17N.CH4O/c1-3-8-14(9-4-1)16(12-7-13-17-16)15-10-5-2-6-11-15;1-2/h1-6,8-11,17H,7,12-13H2;2H,1H3. The average molecular weight is 255 g/mol. The van der Waals surface area contributed by atoms with Gasteiger partial charge in [-0.05, 0) is 30.5 Å². The number of hydrogen-bond acceptors (Lipinski definition) is 2. The van der Waals surface area contributed by atoms with Gasteiger partial charge in [-0.1, -0.05) is 60.7 Å². The van der Waals surface area contributed by atoms with E-state index < -0.39 is 0 Å². The fourth-order valence-electron chi connectivity index (χ4n) is 2.85. The van der Waals surface area contributed by atoms with Crippen LogP contribution < -0.4 is 5.32 Å². The maximum absolute atomic E-state index is 7.00. The van der Waals surface area contributed by atoms with E-state index in [-0.39, 0.29) is 5.54 Å². The van der Waals surface area contributed by atoms with Gasteiger partial charge in [-0.3, -0.25) is 0 Å². The highest BCUT2D eigenvalue weighted by Crippen LogP contribution is 2.37. The van der Waals surface area contributed by atoms with Crippen molar-refractivity contribution in [3.63, 3.8) is 0 Å². The van der Waals surface area contributed by atoms with Crippen LogP contribution in [0, 0.1) is 0 Å². The van der Waals surface area contributed by atoms with E-state index in [2.05, 4.69) is 66.0 Å². The molecule has 0 saturated carbocycles. The van der Waals surface area contributed by atoms with E-state index in [0.29, 0.717) is 0 Å². The van der Waals surface area contributed by atoms with Crippen molar-refractivity contribution in [2.24, 2.45) is 0 Å². The van der Waals surface area contributed by atoms with Crippen LogP contribution >= 0.6 is 0 Å². The molecule has 0 amide bonds. The molecule has 3 rings (SSSR count). The van der Waals surface area contributed by atoms with Crippen LogP contribution in [0.25, 0.3) is 0 Å². The molecule has 0 atom stereocenters. The van der Waals surface area contributed by atoms with Crippen LogP contribution in [0.2, 0.25) is 0 Å². The molecular weight excluding hydrogens is 234 g/mol. The Balaban J connectivity index is 0.000000637. The Morgan fingerprint density at radius 1 is 0.842 bits per heavy atom. The number of benzene rings is 2. The van der Waals surface area contributed by atoms with Crippen LogP contribution in [0.15, 0.2) is 60.7 Å². The second kappa shape index (κ2) is 6.50. The first-order valence-electron chi connectivity index (χ1n) is 6.73. The first-order chi connectivity index (χ1) is 9.42. The van der Waals surface area contributed by atoms with E-state index >= 15 is 0 Å². The van der Waals surface area contributed by atoms with Crippen molar-refractivity contribution in [1.29, 1.82) is 0 Å². The summed E-state index contributed by atoms with van der Waals surface area (Å²) >= 11 is 0. The predicted octanol–water partition coefficient (Wildman–Crippen LogP) is 2.92. The third-order valence-electron chi connectivity index (χ3n) is 3.69. The Bertz CT molecular complexity index is 434. The molecule has 2 nitrogen and oxygen atoms in total. The van der Waals surface area contributed by atoms with Crippen molar-refractivity contribution in [2.45, 2.75) is 18.4 Å². The van der Waals surface area contributed by atoms with Gasteiger partial charge in [0.2, 0.25) is 0 Å². The van der Waals surface area contributed by atoms with Gasteiger partial charge < -0.3 is 10.4 Å². The number of rotatable bonds is 2. The van der Waals surface area contributed by atoms with Crippen molar-refractivity contribution in [2.75, 3.05) is 13.7 Å². The van der Waals surface area contributed by atoms with E-state index in [1.54, 1.807) is 0 Å². The minimum Gasteiger partial charge on any atom is -0.400 e. The highest BCUT2D eigenvalue weighted by molar-refractivity contribution is 5.39. The number of nitrogens with one attached hydrogen (secondary N) is 1. The zero-order valence-electron chi connectivity index (χ0n) is 11.3. The van der Waals surface area contributed by atoms with Crippen molar-refractivity contribution < 1.29 is 5.11 Å². The van der Waals surface area contributed by atoms with E-state index in [9.17, 15) is 0 Å². The molecule has 19 heavy (non-hydrogen) atoms. The molecular formula is C17H21NO. The molecule has 2 heteroatoms. The molecule has 0 spiro atoms. The van der Waals surface area contributed by atoms with Gasteiger partial charge in [-0.15, -0.1) is 0 Å². The minimum absolute atomic E-state index is 0.0303. The normalized spacial score (nSPS) is 16.5. The maximum Gasteiger partial charge on any atom is 0.0691 e. The van der Waals surface area contributed by atoms with E-state index in [0.717, 1.165) is 13.7 Å². The van der Waals surface area contributed by atoms with Gasteiger partial charge in [0.1, 0.15) is 0 Å². The summed E-state index contributed by atoms with van der Waals surface area (Å²) in [6.07, 6.45) is 2.42. The summed E-state index contributed by atoms with van der Waals surface area (Å²) < 4.78 is 0. The topological polar surface area (TPSA) is 32.3 Å². The quantitative estimate of drug-likeness (QED) is 0.865. The average Bonchev–Trinajstić information content (AvgIpc) is 3.02. The van der Waals surface area contributed by atoms with Gasteiger partial charge in [-0.2, -0.15) is 0 Å². The fourth-order valence-corrected chi connectivity index (χ4v) is 2.85. The van der Waals surface area contributed by atoms with Crippen molar-refractivity contribution in [3.8, 4) is 0 Å². The lowest BCUT2D eigenvalue weighted by Crippen LogP contribution is -2.37. The Hall–Kier alpha value is -1.64. The van der Waals surface area contributed by atoms with Gasteiger partial charge in [0, 0.05) is 7.11 Å². The lowest BCUT2D eigenvalue weighted by molar-refractivity contribution is 0.399. The molecule has 2 N–H and O–H groups in total. The third kappa shape index (κ3) is 2.70. The summed E-state index contributed by atoms with van der Waals surface area (Å²) in [6, 6.07) is 21.6. The largest absolute Gasteiger partial charge is 0.400 e. The Labute approximate surface area is 115 Å². The van der Waals surface area contributed by atoms with Crippen LogP contribution in [0.1, 0.15) is 24.0 Å². The molecule has 0 radical (unpaired) electrons. The number of hydrogen-bond donors (Lipinski definition) is 2. The molecule has 1 heterocycles. The molecule has 0 aromatic heterocycles. The van der Waals surface area contributed by atoms with Gasteiger partial charge in [0.05, 0.1) is 5.54 Å². The zero-order valence-corrected chi connectivity index (χ0v) is 11.3. The van der Waals surface area contributed by atoms with Crippen LogP contribution in [-0.2, 0) is 5.54 Å². The summed E-state index contributed by atoms with van der Waals surface area (Å²) in [5.41, 5.74) is 2.79. The molecule has 1 aliphatic rings. The fraction of sp³-hybridized carbons (Fsp3) is 0.294. The molecule has 100 valence electrons. The van der Waals surface area contributed by atoms with Gasteiger partial charge in [0.25, 0.3) is 0 Å². The molecule has 2 aromatic rings. The maximum atomic E-state index is 7.00. The van der Waals surface area contributed by atoms with Crippen LogP contribution in [0.5, 0.6) is 0 Å². The summed E-state index contributed by atoms with van der Waals surface area (Å²) in [5, 5.41) is 10.7. The van der Waals surface area contributed by atoms with Crippen LogP contribution in [-0.4, -0.2) is 18.8 Å². The second-order valence-electron chi connectivity index (χ2n) is 4.67. The predicted molar refractivity (Wildman–Crippen MR) is 79.0 cm³/mol. The molecule has 0 bridgehead atoms. The Kier molecular flexibility index (Phi) is 4.72. The highest BCUT2D eigenvalue weighted by atomic mass is 16.2. The third-order valence-corrected chi connectivity index (χ3v) is 3.69. The molecule has 0 aliphatic carbocycles. The molecule has 2 aromatic carbocycles. The SMILES string of the molecule is CO.c1ccc(C2(c3ccccc3)CCCN2)cc1. The summed E-state index contributed by atoms with van der Waals surface area (Å²) in [4.78, 5) is 0. The Morgan fingerprint density at radius 2 is 1.32 bits per heavy atom. The smallest absolute Gasteiger partial charge is 0.0691 e. The lowest BCUT2D eigenvalue weighted by Gasteiger charge is -2.31. The van der Waals surface area contributed by atoms with Crippen molar-refractivity contribution >= 4 is 0 Å². The lowest BCUT2D eigenvalue weighted by atomic mass is 9.82. The monoisotopic (exact) mass is 255 g/mol. The Morgan fingerprint density at radius 3 is 1.68 bits per heavy atom. The summed E-state index contributed by atoms with van der Waals surface area (Å²) in [5.74, 6) is 0. The molecule has 1 saturated heterocycles. The number of aliphatic hydroxyl groups is 1. The van der Waals surface area contributed by atoms with E-state index in [4.69, 9.17) is 5.11 Å². The second-order valence-corrected chi connectivity index (χ2v) is 4.67.